The fraction of sp³-hybridized carbons (Fsp3) is 0.462. The number of hydrogen-bond donors (Lipinski definition) is 0. The Balaban J connectivity index is 2.67. The zero-order valence-corrected chi connectivity index (χ0v) is 11.2. The number of rotatable bonds is 6. The number of unbranched alkanes of at least 4 members (excludes halogenated alkanes) is 1. The van der Waals surface area contributed by atoms with Gasteiger partial charge in [0.15, 0.2) is 0 Å². The molecule has 0 spiro atoms. The average Bonchev–Trinajstić information content (AvgIpc) is 2.35. The SMILES string of the molecule is CCCCN(CCBr)C(=O)c1ccccc1. The highest BCUT2D eigenvalue weighted by molar-refractivity contribution is 9.09. The Morgan fingerprint density at radius 2 is 1.94 bits per heavy atom. The third kappa shape index (κ3) is 3.97. The van der Waals surface area contributed by atoms with Crippen LogP contribution >= 0.6 is 15.9 Å². The van der Waals surface area contributed by atoms with E-state index < -0.39 is 0 Å². The Morgan fingerprint density at radius 1 is 1.25 bits per heavy atom. The lowest BCUT2D eigenvalue weighted by molar-refractivity contribution is 0.0764. The van der Waals surface area contributed by atoms with Crippen LogP contribution < -0.4 is 0 Å². The molecule has 1 aromatic carbocycles. The van der Waals surface area contributed by atoms with Crippen LogP contribution in [0.1, 0.15) is 30.1 Å². The number of nitrogens with zero attached hydrogens (tertiary/aromatic N) is 1. The maximum absolute atomic E-state index is 12.1. The van der Waals surface area contributed by atoms with E-state index >= 15 is 0 Å². The van der Waals surface area contributed by atoms with Gasteiger partial charge in [0.2, 0.25) is 0 Å². The van der Waals surface area contributed by atoms with E-state index in [0.29, 0.717) is 0 Å². The van der Waals surface area contributed by atoms with Crippen LogP contribution in [0.25, 0.3) is 0 Å². The van der Waals surface area contributed by atoms with Crippen molar-refractivity contribution in [3.8, 4) is 0 Å². The maximum atomic E-state index is 12.1. The Labute approximate surface area is 106 Å². The molecule has 0 saturated heterocycles. The fourth-order valence-corrected chi connectivity index (χ4v) is 1.96. The van der Waals surface area contributed by atoms with Crippen molar-refractivity contribution in [2.24, 2.45) is 0 Å². The van der Waals surface area contributed by atoms with Crippen LogP contribution in [-0.4, -0.2) is 29.2 Å². The van der Waals surface area contributed by atoms with Crippen LogP contribution in [0.4, 0.5) is 0 Å². The maximum Gasteiger partial charge on any atom is 0.253 e. The number of hydrogen-bond acceptors (Lipinski definition) is 1. The highest BCUT2D eigenvalue weighted by Crippen LogP contribution is 2.06. The first-order chi connectivity index (χ1) is 7.79. The van der Waals surface area contributed by atoms with Crippen molar-refractivity contribution in [2.75, 3.05) is 18.4 Å². The second-order valence-electron chi connectivity index (χ2n) is 3.70. The van der Waals surface area contributed by atoms with Gasteiger partial charge < -0.3 is 4.90 Å². The summed E-state index contributed by atoms with van der Waals surface area (Å²) >= 11 is 3.39. The lowest BCUT2D eigenvalue weighted by atomic mass is 10.2. The molecule has 2 nitrogen and oxygen atoms in total. The molecule has 0 atom stereocenters. The minimum absolute atomic E-state index is 0.133. The summed E-state index contributed by atoms with van der Waals surface area (Å²) in [6.45, 7) is 3.75. The lowest BCUT2D eigenvalue weighted by Gasteiger charge is -2.21. The van der Waals surface area contributed by atoms with E-state index in [4.69, 9.17) is 0 Å². The summed E-state index contributed by atoms with van der Waals surface area (Å²) < 4.78 is 0. The molecule has 1 amide bonds. The highest BCUT2D eigenvalue weighted by atomic mass is 79.9. The summed E-state index contributed by atoms with van der Waals surface area (Å²) in [5, 5.41) is 0.829. The van der Waals surface area contributed by atoms with Crippen molar-refractivity contribution in [2.45, 2.75) is 19.8 Å². The van der Waals surface area contributed by atoms with Crippen LogP contribution in [0.3, 0.4) is 0 Å². The Bertz CT molecular complexity index is 313. The van der Waals surface area contributed by atoms with Crippen LogP contribution in [0.5, 0.6) is 0 Å². The number of alkyl halides is 1. The average molecular weight is 284 g/mol. The third-order valence-corrected chi connectivity index (χ3v) is 2.80. The molecule has 0 aliphatic rings. The summed E-state index contributed by atoms with van der Waals surface area (Å²) in [4.78, 5) is 14.1. The minimum atomic E-state index is 0.133. The number of halogens is 1. The second-order valence-corrected chi connectivity index (χ2v) is 4.49. The van der Waals surface area contributed by atoms with E-state index in [1.165, 1.54) is 0 Å². The van der Waals surface area contributed by atoms with Gasteiger partial charge in [-0.05, 0) is 18.6 Å². The summed E-state index contributed by atoms with van der Waals surface area (Å²) in [5.74, 6) is 0.133. The first-order valence-electron chi connectivity index (χ1n) is 5.70. The van der Waals surface area contributed by atoms with Gasteiger partial charge in [0, 0.05) is 24.0 Å². The van der Waals surface area contributed by atoms with Gasteiger partial charge in [0.25, 0.3) is 5.91 Å². The van der Waals surface area contributed by atoms with Gasteiger partial charge in [0.05, 0.1) is 0 Å². The fourth-order valence-electron chi connectivity index (χ4n) is 1.53. The normalized spacial score (nSPS) is 10.1. The molecular weight excluding hydrogens is 266 g/mol. The highest BCUT2D eigenvalue weighted by Gasteiger charge is 2.13. The molecule has 1 aromatic rings. The van der Waals surface area contributed by atoms with Crippen LogP contribution in [-0.2, 0) is 0 Å². The monoisotopic (exact) mass is 283 g/mol. The Morgan fingerprint density at radius 3 is 2.50 bits per heavy atom. The number of carbonyl (C=O) groups is 1. The van der Waals surface area contributed by atoms with Gasteiger partial charge in [0.1, 0.15) is 0 Å². The molecule has 0 aliphatic carbocycles. The smallest absolute Gasteiger partial charge is 0.253 e. The molecule has 0 aromatic heterocycles. The first-order valence-corrected chi connectivity index (χ1v) is 6.82. The largest absolute Gasteiger partial charge is 0.338 e. The van der Waals surface area contributed by atoms with Crippen molar-refractivity contribution < 1.29 is 4.79 Å². The summed E-state index contributed by atoms with van der Waals surface area (Å²) in [6.07, 6.45) is 2.17. The standard InChI is InChI=1S/C13H18BrNO/c1-2-3-10-15(11-9-14)13(16)12-7-5-4-6-8-12/h4-8H,2-3,9-11H2,1H3. The van der Waals surface area contributed by atoms with Gasteiger partial charge in [-0.1, -0.05) is 47.5 Å². The van der Waals surface area contributed by atoms with Crippen LogP contribution in [0, 0.1) is 0 Å². The van der Waals surface area contributed by atoms with E-state index in [-0.39, 0.29) is 5.91 Å². The molecule has 0 saturated carbocycles. The third-order valence-electron chi connectivity index (χ3n) is 2.44. The van der Waals surface area contributed by atoms with Crippen LogP contribution in [0.2, 0.25) is 0 Å². The molecule has 88 valence electrons. The van der Waals surface area contributed by atoms with Gasteiger partial charge in [-0.25, -0.2) is 0 Å². The van der Waals surface area contributed by atoms with Crippen molar-refractivity contribution >= 4 is 21.8 Å². The summed E-state index contributed by atoms with van der Waals surface area (Å²) in [5.41, 5.74) is 0.777. The second kappa shape index (κ2) is 7.44. The predicted octanol–water partition coefficient (Wildman–Crippen LogP) is 3.32. The van der Waals surface area contributed by atoms with E-state index in [2.05, 4.69) is 22.9 Å². The number of benzene rings is 1. The number of carbonyl (C=O) groups excluding carboxylic acids is 1. The molecule has 16 heavy (non-hydrogen) atoms. The summed E-state index contributed by atoms with van der Waals surface area (Å²) in [6, 6.07) is 9.47. The molecular formula is C13H18BrNO. The van der Waals surface area contributed by atoms with Gasteiger partial charge in [-0.2, -0.15) is 0 Å². The zero-order chi connectivity index (χ0) is 11.8. The molecule has 0 heterocycles. The molecule has 0 bridgehead atoms. The van der Waals surface area contributed by atoms with Crippen LogP contribution in [0.15, 0.2) is 30.3 Å². The van der Waals surface area contributed by atoms with E-state index in [0.717, 1.165) is 36.8 Å². The molecule has 0 radical (unpaired) electrons. The topological polar surface area (TPSA) is 20.3 Å². The Kier molecular flexibility index (Phi) is 6.16. The molecule has 1 rings (SSSR count). The van der Waals surface area contributed by atoms with E-state index in [1.807, 2.05) is 35.2 Å². The van der Waals surface area contributed by atoms with Crippen molar-refractivity contribution in [1.29, 1.82) is 0 Å². The Hall–Kier alpha value is -0.830. The lowest BCUT2D eigenvalue weighted by Crippen LogP contribution is -2.33. The van der Waals surface area contributed by atoms with Gasteiger partial charge >= 0.3 is 0 Å². The number of amides is 1. The van der Waals surface area contributed by atoms with E-state index in [1.54, 1.807) is 0 Å². The molecule has 0 N–H and O–H groups in total. The quantitative estimate of drug-likeness (QED) is 0.734. The molecule has 3 heteroatoms. The molecule has 0 unspecified atom stereocenters. The van der Waals surface area contributed by atoms with Crippen molar-refractivity contribution in [1.82, 2.24) is 4.90 Å². The first kappa shape index (κ1) is 13.2. The van der Waals surface area contributed by atoms with Gasteiger partial charge in [-0.3, -0.25) is 4.79 Å². The van der Waals surface area contributed by atoms with Gasteiger partial charge in [-0.15, -0.1) is 0 Å². The predicted molar refractivity (Wildman–Crippen MR) is 71.0 cm³/mol. The van der Waals surface area contributed by atoms with Crippen molar-refractivity contribution in [3.63, 3.8) is 0 Å². The molecule has 0 aliphatic heterocycles. The molecule has 0 fully saturated rings. The zero-order valence-electron chi connectivity index (χ0n) is 9.66. The van der Waals surface area contributed by atoms with Crippen molar-refractivity contribution in [3.05, 3.63) is 35.9 Å². The van der Waals surface area contributed by atoms with E-state index in [9.17, 15) is 4.79 Å². The minimum Gasteiger partial charge on any atom is -0.338 e. The summed E-state index contributed by atoms with van der Waals surface area (Å²) in [7, 11) is 0.